The van der Waals surface area contributed by atoms with E-state index in [2.05, 4.69) is 39.4 Å². The van der Waals surface area contributed by atoms with Gasteiger partial charge in [-0.1, -0.05) is 30.3 Å². The Balaban J connectivity index is 1.22. The zero-order valence-corrected chi connectivity index (χ0v) is 20.0. The van der Waals surface area contributed by atoms with E-state index in [1.54, 1.807) is 0 Å². The number of piperazine rings is 1. The van der Waals surface area contributed by atoms with Gasteiger partial charge >= 0.3 is 0 Å². The van der Waals surface area contributed by atoms with E-state index in [0.29, 0.717) is 11.4 Å². The normalized spacial score (nSPS) is 14.6. The quantitative estimate of drug-likeness (QED) is 0.533. The van der Waals surface area contributed by atoms with Crippen LogP contribution < -0.4 is 15.0 Å². The molecule has 8 heteroatoms. The van der Waals surface area contributed by atoms with Gasteiger partial charge in [-0.3, -0.25) is 9.69 Å². The number of carbonyl (C=O) groups excluding carboxylic acids is 1. The van der Waals surface area contributed by atoms with Crippen molar-refractivity contribution in [2.45, 2.75) is 11.4 Å². The van der Waals surface area contributed by atoms with Gasteiger partial charge in [0, 0.05) is 50.4 Å². The molecule has 7 nitrogen and oxygen atoms in total. The third-order valence-corrected chi connectivity index (χ3v) is 6.89. The van der Waals surface area contributed by atoms with Crippen molar-refractivity contribution in [2.75, 3.05) is 49.3 Å². The minimum Gasteiger partial charge on any atom is -0.484 e. The van der Waals surface area contributed by atoms with Crippen LogP contribution in [0.3, 0.4) is 0 Å². The number of rotatable bonds is 8. The molecule has 3 aromatic carbocycles. The molecule has 0 radical (unpaired) electrons. The molecule has 0 spiro atoms. The maximum absolute atomic E-state index is 12.2. The van der Waals surface area contributed by atoms with Crippen molar-refractivity contribution in [1.82, 2.24) is 4.90 Å². The molecule has 1 N–H and O–H groups in total. The molecule has 34 heavy (non-hydrogen) atoms. The minimum absolute atomic E-state index is 0.163. The van der Waals surface area contributed by atoms with E-state index >= 15 is 0 Å². The van der Waals surface area contributed by atoms with Gasteiger partial charge in [-0.2, -0.15) is 0 Å². The van der Waals surface area contributed by atoms with Gasteiger partial charge in [0.2, 0.25) is 0 Å². The molecule has 1 aliphatic rings. The molecule has 1 saturated heterocycles. The van der Waals surface area contributed by atoms with Gasteiger partial charge in [0.25, 0.3) is 5.91 Å². The van der Waals surface area contributed by atoms with Crippen LogP contribution in [0.25, 0.3) is 0 Å². The lowest BCUT2D eigenvalue weighted by Crippen LogP contribution is -2.45. The summed E-state index contributed by atoms with van der Waals surface area (Å²) in [6, 6.07) is 24.4. The molecule has 0 bridgehead atoms. The zero-order chi connectivity index (χ0) is 24.0. The Morgan fingerprint density at radius 1 is 0.882 bits per heavy atom. The molecule has 3 aromatic rings. The van der Waals surface area contributed by atoms with E-state index in [1.807, 2.05) is 30.3 Å². The molecule has 1 aliphatic heterocycles. The maximum atomic E-state index is 12.2. The Morgan fingerprint density at radius 3 is 2.15 bits per heavy atom. The second-order valence-corrected chi connectivity index (χ2v) is 10.4. The van der Waals surface area contributed by atoms with Crippen LogP contribution in [0.2, 0.25) is 0 Å². The van der Waals surface area contributed by atoms with Crippen molar-refractivity contribution in [3.8, 4) is 5.75 Å². The summed E-state index contributed by atoms with van der Waals surface area (Å²) in [5, 5.41) is 2.83. The topological polar surface area (TPSA) is 78.9 Å². The second kappa shape index (κ2) is 10.7. The average Bonchev–Trinajstić information content (AvgIpc) is 2.84. The fourth-order valence-electron chi connectivity index (χ4n) is 3.89. The number of anilines is 2. The largest absolute Gasteiger partial charge is 0.484 e. The third-order valence-electron chi connectivity index (χ3n) is 5.76. The molecule has 1 fully saturated rings. The van der Waals surface area contributed by atoms with Crippen LogP contribution in [0.1, 0.15) is 5.56 Å². The fourth-order valence-corrected chi connectivity index (χ4v) is 4.52. The van der Waals surface area contributed by atoms with Crippen LogP contribution in [0, 0.1) is 0 Å². The summed E-state index contributed by atoms with van der Waals surface area (Å²) < 4.78 is 28.5. The lowest BCUT2D eigenvalue weighted by molar-refractivity contribution is -0.118. The van der Waals surface area contributed by atoms with Gasteiger partial charge in [0.15, 0.2) is 16.4 Å². The van der Waals surface area contributed by atoms with Crippen molar-refractivity contribution in [1.29, 1.82) is 0 Å². The molecule has 4 rings (SSSR count). The van der Waals surface area contributed by atoms with Crippen LogP contribution in [0.5, 0.6) is 5.75 Å². The van der Waals surface area contributed by atoms with E-state index in [-0.39, 0.29) is 17.4 Å². The summed E-state index contributed by atoms with van der Waals surface area (Å²) in [5.74, 6) is 0.152. The highest BCUT2D eigenvalue weighted by molar-refractivity contribution is 7.90. The van der Waals surface area contributed by atoms with E-state index in [1.165, 1.54) is 29.8 Å². The minimum atomic E-state index is -3.26. The first-order valence-electron chi connectivity index (χ1n) is 11.2. The summed E-state index contributed by atoms with van der Waals surface area (Å²) >= 11 is 0. The Labute approximate surface area is 200 Å². The maximum Gasteiger partial charge on any atom is 0.262 e. The smallest absolute Gasteiger partial charge is 0.262 e. The number of amides is 1. The van der Waals surface area contributed by atoms with Gasteiger partial charge in [0.05, 0.1) is 4.90 Å². The number of carbonyl (C=O) groups is 1. The van der Waals surface area contributed by atoms with Crippen molar-refractivity contribution < 1.29 is 17.9 Å². The Hall–Kier alpha value is -3.36. The van der Waals surface area contributed by atoms with Crippen LogP contribution in [-0.4, -0.2) is 58.3 Å². The Bertz CT molecular complexity index is 1190. The van der Waals surface area contributed by atoms with E-state index in [4.69, 9.17) is 4.74 Å². The predicted molar refractivity (Wildman–Crippen MR) is 134 cm³/mol. The van der Waals surface area contributed by atoms with Crippen LogP contribution >= 0.6 is 0 Å². The summed E-state index contributed by atoms with van der Waals surface area (Å²) in [6.07, 6.45) is 1.15. The molecule has 1 heterocycles. The van der Waals surface area contributed by atoms with Crippen LogP contribution in [-0.2, 0) is 21.2 Å². The van der Waals surface area contributed by atoms with Gasteiger partial charge in [-0.05, 0) is 54.1 Å². The molecule has 0 unspecified atom stereocenters. The first kappa shape index (κ1) is 23.8. The van der Waals surface area contributed by atoms with Gasteiger partial charge in [-0.25, -0.2) is 8.42 Å². The molecule has 0 saturated carbocycles. The van der Waals surface area contributed by atoms with Crippen LogP contribution in [0.15, 0.2) is 83.8 Å². The summed E-state index contributed by atoms with van der Waals surface area (Å²) in [4.78, 5) is 17.3. The SMILES string of the molecule is CS(=O)(=O)c1ccc(OCC(=O)Nc2ccc(N3CCN(Cc4ccccc4)CC3)cc2)cc1. The first-order chi connectivity index (χ1) is 16.4. The van der Waals surface area contributed by atoms with E-state index in [0.717, 1.165) is 44.7 Å². The van der Waals surface area contributed by atoms with E-state index < -0.39 is 9.84 Å². The number of nitrogens with one attached hydrogen (secondary N) is 1. The number of ether oxygens (including phenoxy) is 1. The number of nitrogens with zero attached hydrogens (tertiary/aromatic N) is 2. The number of benzene rings is 3. The van der Waals surface area contributed by atoms with Gasteiger partial charge < -0.3 is 15.0 Å². The van der Waals surface area contributed by atoms with Gasteiger partial charge in [-0.15, -0.1) is 0 Å². The number of hydrogen-bond donors (Lipinski definition) is 1. The number of hydrogen-bond acceptors (Lipinski definition) is 6. The monoisotopic (exact) mass is 479 g/mol. The molecule has 0 aromatic heterocycles. The number of sulfone groups is 1. The Morgan fingerprint density at radius 2 is 1.53 bits per heavy atom. The zero-order valence-electron chi connectivity index (χ0n) is 19.2. The molecule has 0 atom stereocenters. The van der Waals surface area contributed by atoms with Crippen molar-refractivity contribution >= 4 is 27.1 Å². The first-order valence-corrected chi connectivity index (χ1v) is 13.1. The Kier molecular flexibility index (Phi) is 7.49. The second-order valence-electron chi connectivity index (χ2n) is 8.38. The lowest BCUT2D eigenvalue weighted by atomic mass is 10.2. The van der Waals surface area contributed by atoms with E-state index in [9.17, 15) is 13.2 Å². The van der Waals surface area contributed by atoms with Crippen LogP contribution in [0.4, 0.5) is 11.4 Å². The molecule has 0 aliphatic carbocycles. The van der Waals surface area contributed by atoms with Crippen molar-refractivity contribution in [3.63, 3.8) is 0 Å². The molecular weight excluding hydrogens is 450 g/mol. The molecular formula is C26H29N3O4S. The highest BCUT2D eigenvalue weighted by Crippen LogP contribution is 2.21. The highest BCUT2D eigenvalue weighted by atomic mass is 32.2. The third kappa shape index (κ3) is 6.59. The lowest BCUT2D eigenvalue weighted by Gasteiger charge is -2.36. The molecule has 178 valence electrons. The average molecular weight is 480 g/mol. The van der Waals surface area contributed by atoms with Crippen molar-refractivity contribution in [3.05, 3.63) is 84.4 Å². The molecule has 1 amide bonds. The van der Waals surface area contributed by atoms with Crippen molar-refractivity contribution in [2.24, 2.45) is 0 Å². The summed E-state index contributed by atoms with van der Waals surface area (Å²) in [6.45, 7) is 4.76. The standard InChI is InChI=1S/C26H29N3O4S/c1-34(31,32)25-13-11-24(12-14-25)33-20-26(30)27-22-7-9-23(10-8-22)29-17-15-28(16-18-29)19-21-5-3-2-4-6-21/h2-14H,15-20H2,1H3,(H,27,30). The van der Waals surface area contributed by atoms with Gasteiger partial charge in [0.1, 0.15) is 5.75 Å². The fraction of sp³-hybridized carbons (Fsp3) is 0.269. The highest BCUT2D eigenvalue weighted by Gasteiger charge is 2.17. The summed E-state index contributed by atoms with van der Waals surface area (Å²) in [5.41, 5.74) is 3.18. The predicted octanol–water partition coefficient (Wildman–Crippen LogP) is 3.43. The summed E-state index contributed by atoms with van der Waals surface area (Å²) in [7, 11) is -3.26.